The molecule has 0 amide bonds. The monoisotopic (exact) mass is 249 g/mol. The Labute approximate surface area is 109 Å². The zero-order chi connectivity index (χ0) is 13.9. The highest BCUT2D eigenvalue weighted by molar-refractivity contribution is 5.35. The standard InChI is InChI=1S/C15H23NO2/c1-6-12(3)14-13(4)9-11(2)7-8-15(14,5)10-16(17)18/h7-9,12,14H,4,6,10H2,1-3,5H3/t12?,14-,15?/m0/s1. The fourth-order valence-corrected chi connectivity index (χ4v) is 2.96. The molecule has 0 radical (unpaired) electrons. The molecule has 0 aliphatic heterocycles. The second kappa shape index (κ2) is 5.51. The van der Waals surface area contributed by atoms with Crippen LogP contribution in [0.25, 0.3) is 0 Å². The fraction of sp³-hybridized carbons (Fsp3) is 0.600. The Kier molecular flexibility index (Phi) is 4.49. The Morgan fingerprint density at radius 1 is 1.61 bits per heavy atom. The molecule has 0 aromatic heterocycles. The van der Waals surface area contributed by atoms with Gasteiger partial charge in [0.15, 0.2) is 0 Å². The van der Waals surface area contributed by atoms with Crippen molar-refractivity contribution >= 4 is 0 Å². The summed E-state index contributed by atoms with van der Waals surface area (Å²) in [7, 11) is 0. The Hall–Kier alpha value is -1.38. The van der Waals surface area contributed by atoms with E-state index in [-0.39, 0.29) is 17.4 Å². The second-order valence-electron chi connectivity index (χ2n) is 5.66. The van der Waals surface area contributed by atoms with Gasteiger partial charge >= 0.3 is 0 Å². The van der Waals surface area contributed by atoms with E-state index in [2.05, 4.69) is 26.5 Å². The van der Waals surface area contributed by atoms with E-state index in [4.69, 9.17) is 0 Å². The highest BCUT2D eigenvalue weighted by Gasteiger charge is 2.41. The first-order valence-electron chi connectivity index (χ1n) is 6.48. The fourth-order valence-electron chi connectivity index (χ4n) is 2.96. The minimum atomic E-state index is -0.454. The molecule has 0 heterocycles. The minimum Gasteiger partial charge on any atom is -0.265 e. The first kappa shape index (κ1) is 14.7. The van der Waals surface area contributed by atoms with Gasteiger partial charge in [0.2, 0.25) is 6.54 Å². The Balaban J connectivity index is 3.21. The summed E-state index contributed by atoms with van der Waals surface area (Å²) in [5.74, 6) is 0.510. The van der Waals surface area contributed by atoms with E-state index in [0.29, 0.717) is 5.92 Å². The third-order valence-electron chi connectivity index (χ3n) is 3.93. The maximum atomic E-state index is 11.0. The predicted molar refractivity (Wildman–Crippen MR) is 75.0 cm³/mol. The van der Waals surface area contributed by atoms with Crippen molar-refractivity contribution < 1.29 is 4.92 Å². The molecule has 0 N–H and O–H groups in total. The lowest BCUT2D eigenvalue weighted by Gasteiger charge is -2.36. The first-order valence-corrected chi connectivity index (χ1v) is 6.48. The van der Waals surface area contributed by atoms with E-state index < -0.39 is 5.41 Å². The molecule has 0 saturated heterocycles. The van der Waals surface area contributed by atoms with Crippen LogP contribution in [-0.4, -0.2) is 11.5 Å². The number of hydrogen-bond acceptors (Lipinski definition) is 2. The number of allylic oxidation sites excluding steroid dienone is 4. The average molecular weight is 249 g/mol. The number of rotatable bonds is 4. The summed E-state index contributed by atoms with van der Waals surface area (Å²) in [6.45, 7) is 12.3. The summed E-state index contributed by atoms with van der Waals surface area (Å²) in [4.78, 5) is 10.7. The van der Waals surface area contributed by atoms with Crippen LogP contribution in [0.5, 0.6) is 0 Å². The van der Waals surface area contributed by atoms with Gasteiger partial charge in [-0.15, -0.1) is 0 Å². The maximum Gasteiger partial charge on any atom is 0.213 e. The molecule has 100 valence electrons. The molecule has 0 saturated carbocycles. The van der Waals surface area contributed by atoms with Gasteiger partial charge in [-0.1, -0.05) is 56.2 Å². The first-order chi connectivity index (χ1) is 8.30. The molecule has 3 nitrogen and oxygen atoms in total. The van der Waals surface area contributed by atoms with E-state index in [9.17, 15) is 10.1 Å². The predicted octanol–water partition coefficient (Wildman–Crippen LogP) is 4.00. The molecule has 1 aliphatic rings. The third-order valence-corrected chi connectivity index (χ3v) is 3.93. The summed E-state index contributed by atoms with van der Waals surface area (Å²) in [5, 5.41) is 11.0. The van der Waals surface area contributed by atoms with Gasteiger partial charge in [0.25, 0.3) is 0 Å². The molecule has 3 atom stereocenters. The van der Waals surface area contributed by atoms with Crippen molar-refractivity contribution in [3.8, 4) is 0 Å². The molecule has 1 rings (SSSR count). The van der Waals surface area contributed by atoms with Gasteiger partial charge in [0, 0.05) is 10.8 Å². The van der Waals surface area contributed by atoms with Gasteiger partial charge in [-0.25, -0.2) is 0 Å². The van der Waals surface area contributed by atoms with E-state index in [1.165, 1.54) is 0 Å². The van der Waals surface area contributed by atoms with Crippen molar-refractivity contribution in [1.29, 1.82) is 0 Å². The van der Waals surface area contributed by atoms with Crippen molar-refractivity contribution in [2.75, 3.05) is 6.54 Å². The van der Waals surface area contributed by atoms with Crippen LogP contribution in [0.2, 0.25) is 0 Å². The lowest BCUT2D eigenvalue weighted by atomic mass is 9.67. The zero-order valence-electron chi connectivity index (χ0n) is 11.8. The lowest BCUT2D eigenvalue weighted by Crippen LogP contribution is -2.37. The van der Waals surface area contributed by atoms with Gasteiger partial charge in [-0.2, -0.15) is 0 Å². The molecule has 0 bridgehead atoms. The van der Waals surface area contributed by atoms with Gasteiger partial charge in [0.1, 0.15) is 0 Å². The van der Waals surface area contributed by atoms with Gasteiger partial charge in [-0.3, -0.25) is 10.1 Å². The van der Waals surface area contributed by atoms with Crippen molar-refractivity contribution in [1.82, 2.24) is 0 Å². The Bertz CT molecular complexity index is 409. The molecule has 2 unspecified atom stereocenters. The Morgan fingerprint density at radius 2 is 2.22 bits per heavy atom. The Morgan fingerprint density at radius 3 is 2.72 bits per heavy atom. The summed E-state index contributed by atoms with van der Waals surface area (Å²) < 4.78 is 0. The summed E-state index contributed by atoms with van der Waals surface area (Å²) >= 11 is 0. The topological polar surface area (TPSA) is 43.1 Å². The zero-order valence-corrected chi connectivity index (χ0v) is 11.8. The minimum absolute atomic E-state index is 0.0430. The van der Waals surface area contributed by atoms with Crippen LogP contribution in [0.3, 0.4) is 0 Å². The van der Waals surface area contributed by atoms with E-state index in [1.807, 2.05) is 26.0 Å². The lowest BCUT2D eigenvalue weighted by molar-refractivity contribution is -0.495. The van der Waals surface area contributed by atoms with Crippen LogP contribution in [-0.2, 0) is 0 Å². The normalized spacial score (nSPS) is 29.7. The SMILES string of the molecule is C=C1C=C(C)C=CC(C)(C[N+](=O)[O-])[C@H]1C(C)CC. The van der Waals surface area contributed by atoms with Crippen LogP contribution in [0.4, 0.5) is 0 Å². The van der Waals surface area contributed by atoms with Crippen molar-refractivity contribution in [2.45, 2.75) is 34.1 Å². The molecule has 0 aromatic carbocycles. The quantitative estimate of drug-likeness (QED) is 0.558. The van der Waals surface area contributed by atoms with Gasteiger partial charge in [-0.05, 0) is 19.8 Å². The van der Waals surface area contributed by atoms with Crippen LogP contribution in [0.1, 0.15) is 34.1 Å². The average Bonchev–Trinajstić information content (AvgIpc) is 2.34. The number of nitro groups is 1. The molecule has 0 aromatic rings. The molecule has 1 aliphatic carbocycles. The summed E-state index contributed by atoms with van der Waals surface area (Å²) in [5.41, 5.74) is 1.67. The van der Waals surface area contributed by atoms with E-state index >= 15 is 0 Å². The van der Waals surface area contributed by atoms with Crippen LogP contribution >= 0.6 is 0 Å². The second-order valence-corrected chi connectivity index (χ2v) is 5.66. The summed E-state index contributed by atoms with van der Waals surface area (Å²) in [6.07, 6.45) is 7.03. The number of nitrogens with zero attached hydrogens (tertiary/aromatic N) is 1. The molecular formula is C15H23NO2. The van der Waals surface area contributed by atoms with E-state index in [1.54, 1.807) is 0 Å². The van der Waals surface area contributed by atoms with Crippen LogP contribution < -0.4 is 0 Å². The highest BCUT2D eigenvalue weighted by Crippen LogP contribution is 2.43. The molecule has 18 heavy (non-hydrogen) atoms. The maximum absolute atomic E-state index is 11.0. The summed E-state index contributed by atoms with van der Waals surface area (Å²) in [6, 6.07) is 0. The van der Waals surface area contributed by atoms with Crippen LogP contribution in [0.15, 0.2) is 36.0 Å². The van der Waals surface area contributed by atoms with Gasteiger partial charge < -0.3 is 0 Å². The largest absolute Gasteiger partial charge is 0.265 e. The molecule has 0 fully saturated rings. The number of hydrogen-bond donors (Lipinski definition) is 0. The highest BCUT2D eigenvalue weighted by atomic mass is 16.6. The third kappa shape index (κ3) is 3.09. The van der Waals surface area contributed by atoms with E-state index in [0.717, 1.165) is 17.6 Å². The van der Waals surface area contributed by atoms with Gasteiger partial charge in [0.05, 0.1) is 5.41 Å². The smallest absolute Gasteiger partial charge is 0.213 e. The van der Waals surface area contributed by atoms with Crippen LogP contribution in [0, 0.1) is 27.4 Å². The molecular weight excluding hydrogens is 226 g/mol. The van der Waals surface area contributed by atoms with Crippen molar-refractivity contribution in [3.05, 3.63) is 46.1 Å². The molecule has 3 heteroatoms. The van der Waals surface area contributed by atoms with Crippen molar-refractivity contribution in [2.24, 2.45) is 17.3 Å². The molecule has 0 spiro atoms. The van der Waals surface area contributed by atoms with Crippen molar-refractivity contribution in [3.63, 3.8) is 0 Å².